The number of para-hydroxylation sites is 3. The fourth-order valence-electron chi connectivity index (χ4n) is 4.04. The van der Waals surface area contributed by atoms with Crippen LogP contribution in [-0.4, -0.2) is 47.7 Å². The smallest absolute Gasteiger partial charge is 0.224 e. The quantitative estimate of drug-likeness (QED) is 0.658. The van der Waals surface area contributed by atoms with E-state index in [2.05, 4.69) is 11.1 Å². The lowest BCUT2D eigenvalue weighted by molar-refractivity contribution is -0.130. The number of fused-ring (bicyclic) bond motifs is 1. The van der Waals surface area contributed by atoms with Crippen LogP contribution in [-0.2, 0) is 11.3 Å². The highest BCUT2D eigenvalue weighted by molar-refractivity contribution is 5.78. The Morgan fingerprint density at radius 1 is 1.14 bits per heavy atom. The zero-order chi connectivity index (χ0) is 19.5. The largest absolute Gasteiger partial charge is 0.493 e. The average Bonchev–Trinajstić information content (AvgIpc) is 3.39. The highest BCUT2D eigenvalue weighted by atomic mass is 16.5. The highest BCUT2D eigenvalue weighted by Gasteiger charge is 2.29. The van der Waals surface area contributed by atoms with Gasteiger partial charge in [-0.15, -0.1) is 0 Å². The van der Waals surface area contributed by atoms with E-state index in [0.29, 0.717) is 19.5 Å². The molecule has 0 bridgehead atoms. The van der Waals surface area contributed by atoms with Crippen LogP contribution in [0.4, 0.5) is 0 Å². The summed E-state index contributed by atoms with van der Waals surface area (Å²) in [5.74, 6) is 1.95. The van der Waals surface area contributed by atoms with Gasteiger partial charge in [-0.1, -0.05) is 24.3 Å². The van der Waals surface area contributed by atoms with E-state index in [1.807, 2.05) is 52.2 Å². The molecule has 6 nitrogen and oxygen atoms in total. The third kappa shape index (κ3) is 3.42. The third-order valence-electron chi connectivity index (χ3n) is 5.51. The summed E-state index contributed by atoms with van der Waals surface area (Å²) in [7, 11) is 3.31. The average molecular weight is 379 g/mol. The molecule has 1 aliphatic rings. The van der Waals surface area contributed by atoms with Crippen LogP contribution in [0.3, 0.4) is 0 Å². The van der Waals surface area contributed by atoms with Gasteiger partial charge in [-0.05, 0) is 24.6 Å². The molecule has 6 heteroatoms. The second-order valence-electron chi connectivity index (χ2n) is 7.08. The lowest BCUT2D eigenvalue weighted by atomic mass is 9.97. The Morgan fingerprint density at radius 3 is 2.82 bits per heavy atom. The molecule has 0 saturated carbocycles. The van der Waals surface area contributed by atoms with Crippen molar-refractivity contribution < 1.29 is 14.3 Å². The third-order valence-corrected chi connectivity index (χ3v) is 5.51. The number of rotatable bonds is 6. The minimum absolute atomic E-state index is 0.183. The van der Waals surface area contributed by atoms with Crippen LogP contribution < -0.4 is 9.47 Å². The SMILES string of the molecule is COc1cccc(C2CCN(C(=O)CCn3cnc4ccccc43)C2)c1OC. The lowest BCUT2D eigenvalue weighted by Gasteiger charge is -2.19. The normalized spacial score (nSPS) is 16.5. The van der Waals surface area contributed by atoms with Crippen LogP contribution in [0.5, 0.6) is 11.5 Å². The lowest BCUT2D eigenvalue weighted by Crippen LogP contribution is -2.29. The van der Waals surface area contributed by atoms with Crippen molar-refractivity contribution in [1.82, 2.24) is 14.5 Å². The summed E-state index contributed by atoms with van der Waals surface area (Å²) in [5, 5.41) is 0. The van der Waals surface area contributed by atoms with E-state index >= 15 is 0 Å². The molecule has 3 aromatic rings. The molecule has 1 unspecified atom stereocenters. The number of aromatic nitrogens is 2. The fraction of sp³-hybridized carbons (Fsp3) is 0.364. The van der Waals surface area contributed by atoms with Crippen molar-refractivity contribution in [2.75, 3.05) is 27.3 Å². The standard InChI is InChI=1S/C22H25N3O3/c1-27-20-9-5-6-17(22(20)28-2)16-10-12-24(14-16)21(26)11-13-25-15-23-18-7-3-4-8-19(18)25/h3-9,15-16H,10-14H2,1-2H3. The molecule has 1 aromatic heterocycles. The van der Waals surface area contributed by atoms with Gasteiger partial charge in [-0.3, -0.25) is 4.79 Å². The number of benzene rings is 2. The van der Waals surface area contributed by atoms with Crippen molar-refractivity contribution in [2.24, 2.45) is 0 Å². The monoisotopic (exact) mass is 379 g/mol. The summed E-state index contributed by atoms with van der Waals surface area (Å²) >= 11 is 0. The maximum atomic E-state index is 12.8. The number of nitrogens with zero attached hydrogens (tertiary/aromatic N) is 3. The predicted molar refractivity (Wildman–Crippen MR) is 108 cm³/mol. The Kier molecular flexibility index (Phi) is 5.19. The van der Waals surface area contributed by atoms with E-state index in [0.717, 1.165) is 41.1 Å². The Morgan fingerprint density at radius 2 is 2.00 bits per heavy atom. The van der Waals surface area contributed by atoms with Crippen LogP contribution in [0.2, 0.25) is 0 Å². The number of methoxy groups -OCH3 is 2. The van der Waals surface area contributed by atoms with E-state index in [1.54, 1.807) is 14.2 Å². The summed E-state index contributed by atoms with van der Waals surface area (Å²) in [6, 6.07) is 13.9. The van der Waals surface area contributed by atoms with Crippen molar-refractivity contribution in [3.63, 3.8) is 0 Å². The second kappa shape index (κ2) is 7.92. The minimum Gasteiger partial charge on any atom is -0.493 e. The van der Waals surface area contributed by atoms with Crippen molar-refractivity contribution in [3.05, 3.63) is 54.4 Å². The van der Waals surface area contributed by atoms with E-state index in [9.17, 15) is 4.79 Å². The zero-order valence-corrected chi connectivity index (χ0v) is 16.3. The van der Waals surface area contributed by atoms with Crippen molar-refractivity contribution in [2.45, 2.75) is 25.3 Å². The van der Waals surface area contributed by atoms with Crippen LogP contribution in [0.1, 0.15) is 24.3 Å². The molecule has 4 rings (SSSR count). The molecular weight excluding hydrogens is 354 g/mol. The number of aryl methyl sites for hydroxylation is 1. The molecule has 0 spiro atoms. The van der Waals surface area contributed by atoms with Gasteiger partial charge >= 0.3 is 0 Å². The molecule has 2 aromatic carbocycles. The summed E-state index contributed by atoms with van der Waals surface area (Å²) in [6.45, 7) is 2.13. The highest BCUT2D eigenvalue weighted by Crippen LogP contribution is 2.39. The number of hydrogen-bond acceptors (Lipinski definition) is 4. The van der Waals surface area contributed by atoms with Crippen molar-refractivity contribution >= 4 is 16.9 Å². The molecule has 1 aliphatic heterocycles. The van der Waals surface area contributed by atoms with Gasteiger partial charge in [-0.25, -0.2) is 4.98 Å². The Balaban J connectivity index is 1.41. The molecule has 0 N–H and O–H groups in total. The fourth-order valence-corrected chi connectivity index (χ4v) is 4.04. The Hall–Kier alpha value is -3.02. The Bertz CT molecular complexity index is 982. The molecule has 28 heavy (non-hydrogen) atoms. The van der Waals surface area contributed by atoms with Gasteiger partial charge in [-0.2, -0.15) is 0 Å². The number of hydrogen-bond donors (Lipinski definition) is 0. The molecular formula is C22H25N3O3. The van der Waals surface area contributed by atoms with Crippen LogP contribution in [0.25, 0.3) is 11.0 Å². The van der Waals surface area contributed by atoms with Gasteiger partial charge < -0.3 is 18.9 Å². The van der Waals surface area contributed by atoms with Gasteiger partial charge in [0.25, 0.3) is 0 Å². The summed E-state index contributed by atoms with van der Waals surface area (Å²) in [5.41, 5.74) is 3.13. The summed E-state index contributed by atoms with van der Waals surface area (Å²) in [6.07, 6.45) is 3.22. The first-order valence-electron chi connectivity index (χ1n) is 9.59. The number of imidazole rings is 1. The van der Waals surface area contributed by atoms with Gasteiger partial charge in [0.15, 0.2) is 11.5 Å². The molecule has 1 fully saturated rings. The topological polar surface area (TPSA) is 56.6 Å². The first-order chi connectivity index (χ1) is 13.7. The van der Waals surface area contributed by atoms with Gasteiger partial charge in [0.05, 0.1) is 31.6 Å². The first-order valence-corrected chi connectivity index (χ1v) is 9.59. The summed E-state index contributed by atoms with van der Waals surface area (Å²) < 4.78 is 13.0. The number of ether oxygens (including phenoxy) is 2. The molecule has 1 atom stereocenters. The maximum Gasteiger partial charge on any atom is 0.224 e. The Labute approximate surface area is 164 Å². The number of amides is 1. The van der Waals surface area contributed by atoms with Crippen molar-refractivity contribution in [1.29, 1.82) is 0 Å². The number of likely N-dealkylation sites (tertiary alicyclic amines) is 1. The molecule has 2 heterocycles. The first kappa shape index (κ1) is 18.3. The van der Waals surface area contributed by atoms with E-state index < -0.39 is 0 Å². The van der Waals surface area contributed by atoms with Gasteiger partial charge in [0.2, 0.25) is 5.91 Å². The second-order valence-corrected chi connectivity index (χ2v) is 7.08. The van der Waals surface area contributed by atoms with Crippen molar-refractivity contribution in [3.8, 4) is 11.5 Å². The van der Waals surface area contributed by atoms with E-state index in [-0.39, 0.29) is 11.8 Å². The van der Waals surface area contributed by atoms with Gasteiger partial charge in [0, 0.05) is 37.5 Å². The number of carbonyl (C=O) groups is 1. The predicted octanol–water partition coefficient (Wildman–Crippen LogP) is 3.46. The van der Waals surface area contributed by atoms with E-state index in [1.165, 1.54) is 0 Å². The number of carbonyl (C=O) groups excluding carboxylic acids is 1. The molecule has 0 aliphatic carbocycles. The minimum atomic E-state index is 0.183. The molecule has 1 amide bonds. The zero-order valence-electron chi connectivity index (χ0n) is 16.3. The summed E-state index contributed by atoms with van der Waals surface area (Å²) in [4.78, 5) is 19.1. The molecule has 146 valence electrons. The van der Waals surface area contributed by atoms with Gasteiger partial charge in [0.1, 0.15) is 0 Å². The van der Waals surface area contributed by atoms with Crippen LogP contribution in [0.15, 0.2) is 48.8 Å². The van der Waals surface area contributed by atoms with Crippen LogP contribution in [0, 0.1) is 0 Å². The maximum absolute atomic E-state index is 12.8. The molecule has 1 saturated heterocycles. The van der Waals surface area contributed by atoms with E-state index in [4.69, 9.17) is 9.47 Å². The molecule has 0 radical (unpaired) electrons. The van der Waals surface area contributed by atoms with Crippen LogP contribution >= 0.6 is 0 Å².